The average Bonchev–Trinajstić information content (AvgIpc) is 2.48. The molecule has 21 heavy (non-hydrogen) atoms. The zero-order valence-electron chi connectivity index (χ0n) is 13.2. The SMILES string of the molecule is CCNC(CSc1ncc(C)cn1)c1ccc(C)c(C)c1. The molecule has 0 aliphatic heterocycles. The van der Waals surface area contributed by atoms with Crippen LogP contribution in [-0.4, -0.2) is 22.3 Å². The van der Waals surface area contributed by atoms with Crippen molar-refractivity contribution in [1.82, 2.24) is 15.3 Å². The molecular formula is C17H23N3S. The van der Waals surface area contributed by atoms with Crippen LogP contribution in [0.3, 0.4) is 0 Å². The molecule has 0 amide bonds. The third-order valence-corrected chi connectivity index (χ3v) is 4.49. The predicted molar refractivity (Wildman–Crippen MR) is 89.8 cm³/mol. The molecule has 2 rings (SSSR count). The van der Waals surface area contributed by atoms with Gasteiger partial charge in [-0.25, -0.2) is 9.97 Å². The van der Waals surface area contributed by atoms with Crippen molar-refractivity contribution in [3.8, 4) is 0 Å². The van der Waals surface area contributed by atoms with Crippen molar-refractivity contribution < 1.29 is 0 Å². The first kappa shape index (κ1) is 16.0. The molecule has 1 aromatic carbocycles. The van der Waals surface area contributed by atoms with E-state index < -0.39 is 0 Å². The number of nitrogens with zero attached hydrogens (tertiary/aromatic N) is 2. The number of aromatic nitrogens is 2. The van der Waals surface area contributed by atoms with Crippen LogP contribution in [0.2, 0.25) is 0 Å². The first-order chi connectivity index (χ1) is 10.1. The van der Waals surface area contributed by atoms with Gasteiger partial charge in [-0.1, -0.05) is 36.9 Å². The largest absolute Gasteiger partial charge is 0.309 e. The summed E-state index contributed by atoms with van der Waals surface area (Å²) < 4.78 is 0. The standard InChI is InChI=1S/C17H23N3S/c1-5-18-16(15-7-6-13(3)14(4)8-15)11-21-17-19-9-12(2)10-20-17/h6-10,16,18H,5,11H2,1-4H3. The summed E-state index contributed by atoms with van der Waals surface area (Å²) in [5.41, 5.74) is 5.10. The van der Waals surface area contributed by atoms with Crippen molar-refractivity contribution >= 4 is 11.8 Å². The number of hydrogen-bond donors (Lipinski definition) is 1. The third kappa shape index (κ3) is 4.55. The van der Waals surface area contributed by atoms with Crippen LogP contribution in [0, 0.1) is 20.8 Å². The highest BCUT2D eigenvalue weighted by molar-refractivity contribution is 7.99. The molecule has 1 heterocycles. The lowest BCUT2D eigenvalue weighted by atomic mass is 10.0. The first-order valence-electron chi connectivity index (χ1n) is 7.32. The molecule has 0 radical (unpaired) electrons. The second-order valence-electron chi connectivity index (χ2n) is 5.31. The third-order valence-electron chi connectivity index (χ3n) is 3.52. The van der Waals surface area contributed by atoms with Gasteiger partial charge in [0, 0.05) is 24.2 Å². The maximum atomic E-state index is 4.36. The highest BCUT2D eigenvalue weighted by atomic mass is 32.2. The number of benzene rings is 1. The number of rotatable bonds is 6. The zero-order valence-corrected chi connectivity index (χ0v) is 14.0. The summed E-state index contributed by atoms with van der Waals surface area (Å²) in [5.74, 6) is 0.930. The molecule has 2 aromatic rings. The molecule has 1 unspecified atom stereocenters. The Morgan fingerprint density at radius 3 is 2.43 bits per heavy atom. The van der Waals surface area contributed by atoms with Gasteiger partial charge in [0.25, 0.3) is 0 Å². The molecule has 0 saturated carbocycles. The molecule has 112 valence electrons. The van der Waals surface area contributed by atoms with Gasteiger partial charge in [0.2, 0.25) is 0 Å². The Bertz CT molecular complexity index is 581. The lowest BCUT2D eigenvalue weighted by Crippen LogP contribution is -2.23. The Morgan fingerprint density at radius 2 is 1.81 bits per heavy atom. The van der Waals surface area contributed by atoms with Crippen LogP contribution >= 0.6 is 11.8 Å². The molecule has 0 aliphatic carbocycles. The molecule has 1 atom stereocenters. The van der Waals surface area contributed by atoms with E-state index in [1.54, 1.807) is 11.8 Å². The van der Waals surface area contributed by atoms with E-state index >= 15 is 0 Å². The summed E-state index contributed by atoms with van der Waals surface area (Å²) in [4.78, 5) is 8.72. The van der Waals surface area contributed by atoms with E-state index in [9.17, 15) is 0 Å². The fourth-order valence-corrected chi connectivity index (χ4v) is 2.99. The topological polar surface area (TPSA) is 37.8 Å². The van der Waals surface area contributed by atoms with Crippen LogP contribution in [0.25, 0.3) is 0 Å². The Hall–Kier alpha value is -1.39. The number of nitrogens with one attached hydrogen (secondary N) is 1. The maximum absolute atomic E-state index is 4.36. The lowest BCUT2D eigenvalue weighted by Gasteiger charge is -2.18. The van der Waals surface area contributed by atoms with Crippen molar-refractivity contribution in [3.05, 3.63) is 52.8 Å². The quantitative estimate of drug-likeness (QED) is 0.650. The van der Waals surface area contributed by atoms with Gasteiger partial charge in [-0.3, -0.25) is 0 Å². The van der Waals surface area contributed by atoms with Crippen LogP contribution in [0.1, 0.15) is 35.2 Å². The lowest BCUT2D eigenvalue weighted by molar-refractivity contribution is 0.605. The maximum Gasteiger partial charge on any atom is 0.187 e. The molecule has 0 fully saturated rings. The van der Waals surface area contributed by atoms with Crippen LogP contribution in [-0.2, 0) is 0 Å². The van der Waals surface area contributed by atoms with Crippen molar-refractivity contribution in [2.75, 3.05) is 12.3 Å². The van der Waals surface area contributed by atoms with E-state index in [4.69, 9.17) is 0 Å². The minimum absolute atomic E-state index is 0.323. The number of aryl methyl sites for hydroxylation is 3. The highest BCUT2D eigenvalue weighted by Gasteiger charge is 2.12. The van der Waals surface area contributed by atoms with Gasteiger partial charge in [-0.15, -0.1) is 0 Å². The summed E-state index contributed by atoms with van der Waals surface area (Å²) in [7, 11) is 0. The van der Waals surface area contributed by atoms with Crippen molar-refractivity contribution in [3.63, 3.8) is 0 Å². The molecule has 0 spiro atoms. The average molecular weight is 301 g/mol. The van der Waals surface area contributed by atoms with Gasteiger partial charge in [0.1, 0.15) is 0 Å². The first-order valence-corrected chi connectivity index (χ1v) is 8.30. The summed E-state index contributed by atoms with van der Waals surface area (Å²) in [6, 6.07) is 7.01. The van der Waals surface area contributed by atoms with E-state index in [1.165, 1.54) is 16.7 Å². The normalized spacial score (nSPS) is 12.4. The minimum atomic E-state index is 0.323. The molecule has 1 N–H and O–H groups in total. The zero-order chi connectivity index (χ0) is 15.2. The molecular weight excluding hydrogens is 278 g/mol. The van der Waals surface area contributed by atoms with Gasteiger partial charge in [-0.2, -0.15) is 0 Å². The highest BCUT2D eigenvalue weighted by Crippen LogP contribution is 2.23. The Kier molecular flexibility index (Phi) is 5.76. The molecule has 1 aromatic heterocycles. The number of hydrogen-bond acceptors (Lipinski definition) is 4. The smallest absolute Gasteiger partial charge is 0.187 e. The van der Waals surface area contributed by atoms with Gasteiger partial charge < -0.3 is 5.32 Å². The Balaban J connectivity index is 2.07. The van der Waals surface area contributed by atoms with Crippen molar-refractivity contribution in [2.24, 2.45) is 0 Å². The fraction of sp³-hybridized carbons (Fsp3) is 0.412. The minimum Gasteiger partial charge on any atom is -0.309 e. The fourth-order valence-electron chi connectivity index (χ4n) is 2.11. The number of thioether (sulfide) groups is 1. The molecule has 0 aliphatic rings. The summed E-state index contributed by atoms with van der Waals surface area (Å²) in [6.07, 6.45) is 3.74. The molecule has 4 heteroatoms. The van der Waals surface area contributed by atoms with Gasteiger partial charge >= 0.3 is 0 Å². The van der Waals surface area contributed by atoms with Crippen LogP contribution in [0.5, 0.6) is 0 Å². The molecule has 0 bridgehead atoms. The Labute approximate surface area is 131 Å². The second kappa shape index (κ2) is 7.57. The van der Waals surface area contributed by atoms with E-state index in [0.717, 1.165) is 23.0 Å². The van der Waals surface area contributed by atoms with Gasteiger partial charge in [0.05, 0.1) is 0 Å². The van der Waals surface area contributed by atoms with E-state index in [0.29, 0.717) is 6.04 Å². The molecule has 3 nitrogen and oxygen atoms in total. The monoisotopic (exact) mass is 301 g/mol. The van der Waals surface area contributed by atoms with Crippen LogP contribution in [0.4, 0.5) is 0 Å². The Morgan fingerprint density at radius 1 is 1.10 bits per heavy atom. The van der Waals surface area contributed by atoms with E-state index in [2.05, 4.69) is 54.3 Å². The predicted octanol–water partition coefficient (Wildman–Crippen LogP) is 3.84. The van der Waals surface area contributed by atoms with Crippen LogP contribution < -0.4 is 5.32 Å². The van der Waals surface area contributed by atoms with E-state index in [1.807, 2.05) is 19.3 Å². The van der Waals surface area contributed by atoms with Gasteiger partial charge in [0.15, 0.2) is 5.16 Å². The van der Waals surface area contributed by atoms with E-state index in [-0.39, 0.29) is 0 Å². The second-order valence-corrected chi connectivity index (χ2v) is 6.30. The van der Waals surface area contributed by atoms with Crippen molar-refractivity contribution in [2.45, 2.75) is 38.9 Å². The van der Waals surface area contributed by atoms with Crippen LogP contribution in [0.15, 0.2) is 35.7 Å². The molecule has 0 saturated heterocycles. The summed E-state index contributed by atoms with van der Waals surface area (Å²) in [5, 5.41) is 4.39. The van der Waals surface area contributed by atoms with Gasteiger partial charge in [-0.05, 0) is 49.6 Å². The summed E-state index contributed by atoms with van der Waals surface area (Å²) >= 11 is 1.70. The van der Waals surface area contributed by atoms with Crippen molar-refractivity contribution in [1.29, 1.82) is 0 Å². The summed E-state index contributed by atoms with van der Waals surface area (Å²) in [6.45, 7) is 9.41.